The fourth-order valence-electron chi connectivity index (χ4n) is 3.92. The molecule has 4 rings (SSSR count). The Hall–Kier alpha value is -1.07. The molecule has 0 N–H and O–H groups in total. The molecular weight excluding hydrogens is 362 g/mol. The standard InChI is InChI=1S/C23H34B2O4/c1-20(2)21(3,4)27-24(26-20)18(16-12-10-9-11-13-16)19(17-14-15-17)25-28-22(5,6)23(7,8)29-25/h9-13,17H,14-15H2,1-8H3/b19-18-. The zero-order valence-corrected chi connectivity index (χ0v) is 19.2. The van der Waals surface area contributed by atoms with Crippen LogP contribution < -0.4 is 0 Å². The molecule has 3 aliphatic rings. The van der Waals surface area contributed by atoms with Crippen LogP contribution >= 0.6 is 0 Å². The maximum atomic E-state index is 6.51. The normalized spacial score (nSPS) is 27.9. The van der Waals surface area contributed by atoms with Gasteiger partial charge >= 0.3 is 14.2 Å². The van der Waals surface area contributed by atoms with Crippen molar-refractivity contribution in [2.24, 2.45) is 5.92 Å². The minimum atomic E-state index is -0.447. The SMILES string of the molecule is CC1(C)OB(/C(=C(\B2OC(C)(C)C(C)(C)O2)C2CC2)c2ccccc2)OC1(C)C. The summed E-state index contributed by atoms with van der Waals surface area (Å²) in [6.07, 6.45) is 2.30. The average Bonchev–Trinajstić information content (AvgIpc) is 3.35. The summed E-state index contributed by atoms with van der Waals surface area (Å²) >= 11 is 0. The first-order chi connectivity index (χ1) is 13.3. The van der Waals surface area contributed by atoms with Crippen LogP contribution in [-0.2, 0) is 18.6 Å². The van der Waals surface area contributed by atoms with Crippen molar-refractivity contribution in [1.29, 1.82) is 0 Å². The molecule has 0 amide bonds. The molecule has 1 saturated carbocycles. The van der Waals surface area contributed by atoms with Gasteiger partial charge in [-0.1, -0.05) is 30.3 Å². The van der Waals surface area contributed by atoms with Gasteiger partial charge in [0.15, 0.2) is 0 Å². The first-order valence-corrected chi connectivity index (χ1v) is 10.9. The Kier molecular flexibility index (Phi) is 4.90. The van der Waals surface area contributed by atoms with Crippen LogP contribution in [0.2, 0.25) is 0 Å². The molecule has 0 atom stereocenters. The molecule has 156 valence electrons. The van der Waals surface area contributed by atoms with E-state index >= 15 is 0 Å². The molecule has 2 aliphatic heterocycles. The van der Waals surface area contributed by atoms with E-state index in [9.17, 15) is 0 Å². The number of hydrogen-bond acceptors (Lipinski definition) is 4. The highest BCUT2D eigenvalue weighted by Gasteiger charge is 2.58. The van der Waals surface area contributed by atoms with Crippen LogP contribution in [0.15, 0.2) is 35.8 Å². The molecule has 0 aromatic heterocycles. The third-order valence-corrected chi connectivity index (χ3v) is 7.41. The molecule has 6 heteroatoms. The van der Waals surface area contributed by atoms with Gasteiger partial charge in [-0.15, -0.1) is 0 Å². The van der Waals surface area contributed by atoms with Gasteiger partial charge in [-0.3, -0.25) is 0 Å². The molecule has 2 saturated heterocycles. The van der Waals surface area contributed by atoms with Gasteiger partial charge in [0, 0.05) is 0 Å². The molecule has 0 unspecified atom stereocenters. The zero-order chi connectivity index (χ0) is 21.2. The van der Waals surface area contributed by atoms with Gasteiger partial charge in [0.25, 0.3) is 0 Å². The van der Waals surface area contributed by atoms with Crippen molar-refractivity contribution in [2.45, 2.75) is 90.6 Å². The van der Waals surface area contributed by atoms with Crippen LogP contribution in [0.3, 0.4) is 0 Å². The predicted molar refractivity (Wildman–Crippen MR) is 118 cm³/mol. The molecule has 1 aliphatic carbocycles. The van der Waals surface area contributed by atoms with Crippen molar-refractivity contribution in [3.8, 4) is 0 Å². The molecular formula is C23H34B2O4. The van der Waals surface area contributed by atoms with Gasteiger partial charge in [-0.25, -0.2) is 0 Å². The first kappa shape index (κ1) is 21.2. The number of benzene rings is 1. The van der Waals surface area contributed by atoms with E-state index in [1.165, 1.54) is 5.47 Å². The van der Waals surface area contributed by atoms with Crippen LogP contribution in [0, 0.1) is 5.92 Å². The second-order valence-corrected chi connectivity index (χ2v) is 10.7. The highest BCUT2D eigenvalue weighted by molar-refractivity contribution is 6.74. The lowest BCUT2D eigenvalue weighted by Crippen LogP contribution is -2.41. The van der Waals surface area contributed by atoms with Crippen molar-refractivity contribution >= 4 is 19.7 Å². The lowest BCUT2D eigenvalue weighted by atomic mass is 9.60. The van der Waals surface area contributed by atoms with E-state index in [2.05, 4.69) is 79.7 Å². The molecule has 1 aromatic carbocycles. The third-order valence-electron chi connectivity index (χ3n) is 7.41. The number of hydrogen-bond donors (Lipinski definition) is 0. The summed E-state index contributed by atoms with van der Waals surface area (Å²) in [5, 5.41) is 0. The number of rotatable bonds is 4. The third kappa shape index (κ3) is 3.63. The second kappa shape index (κ2) is 6.71. The van der Waals surface area contributed by atoms with Gasteiger partial charge < -0.3 is 18.6 Å². The Labute approximate surface area is 176 Å². The minimum Gasteiger partial charge on any atom is -0.400 e. The average molecular weight is 396 g/mol. The first-order valence-electron chi connectivity index (χ1n) is 10.9. The van der Waals surface area contributed by atoms with Crippen molar-refractivity contribution in [3.05, 3.63) is 41.4 Å². The Bertz CT molecular complexity index is 777. The van der Waals surface area contributed by atoms with Gasteiger partial charge in [-0.2, -0.15) is 0 Å². The smallest absolute Gasteiger partial charge is 0.400 e. The van der Waals surface area contributed by atoms with Crippen LogP contribution in [0.4, 0.5) is 0 Å². The predicted octanol–water partition coefficient (Wildman–Crippen LogP) is 5.11. The minimum absolute atomic E-state index is 0.379. The van der Waals surface area contributed by atoms with Crippen molar-refractivity contribution < 1.29 is 18.6 Å². The lowest BCUT2D eigenvalue weighted by Gasteiger charge is -2.32. The maximum Gasteiger partial charge on any atom is 0.494 e. The Morgan fingerprint density at radius 1 is 0.690 bits per heavy atom. The molecule has 4 nitrogen and oxygen atoms in total. The Morgan fingerprint density at radius 3 is 1.52 bits per heavy atom. The quantitative estimate of drug-likeness (QED) is 0.663. The maximum absolute atomic E-state index is 6.51. The summed E-state index contributed by atoms with van der Waals surface area (Å²) in [4.78, 5) is 0. The lowest BCUT2D eigenvalue weighted by molar-refractivity contribution is 0.00578. The molecule has 0 bridgehead atoms. The fraction of sp³-hybridized carbons (Fsp3) is 0.652. The van der Waals surface area contributed by atoms with Crippen LogP contribution in [-0.4, -0.2) is 36.6 Å². The Morgan fingerprint density at radius 2 is 1.10 bits per heavy atom. The molecule has 0 radical (unpaired) electrons. The van der Waals surface area contributed by atoms with Crippen LogP contribution in [0.5, 0.6) is 0 Å². The fourth-order valence-corrected chi connectivity index (χ4v) is 3.92. The van der Waals surface area contributed by atoms with Gasteiger partial charge in [0.1, 0.15) is 0 Å². The molecule has 1 aromatic rings. The van der Waals surface area contributed by atoms with Crippen LogP contribution in [0.25, 0.3) is 5.47 Å². The second-order valence-electron chi connectivity index (χ2n) is 10.7. The van der Waals surface area contributed by atoms with E-state index in [0.717, 1.165) is 23.9 Å². The van der Waals surface area contributed by atoms with E-state index in [1.807, 2.05) is 6.07 Å². The highest BCUT2D eigenvalue weighted by Crippen LogP contribution is 2.50. The largest absolute Gasteiger partial charge is 0.494 e. The van der Waals surface area contributed by atoms with Gasteiger partial charge in [0.2, 0.25) is 0 Å². The molecule has 29 heavy (non-hydrogen) atoms. The van der Waals surface area contributed by atoms with Gasteiger partial charge in [0.05, 0.1) is 22.4 Å². The summed E-state index contributed by atoms with van der Waals surface area (Å²) in [5.41, 5.74) is 1.82. The monoisotopic (exact) mass is 396 g/mol. The van der Waals surface area contributed by atoms with E-state index in [4.69, 9.17) is 18.6 Å². The zero-order valence-electron chi connectivity index (χ0n) is 19.2. The summed E-state index contributed by atoms with van der Waals surface area (Å²) in [7, 11) is -0.834. The van der Waals surface area contributed by atoms with E-state index in [1.54, 1.807) is 0 Å². The summed E-state index contributed by atoms with van der Waals surface area (Å²) < 4.78 is 26.0. The summed E-state index contributed by atoms with van der Waals surface area (Å²) in [5.74, 6) is 0.443. The van der Waals surface area contributed by atoms with Crippen molar-refractivity contribution in [2.75, 3.05) is 0 Å². The van der Waals surface area contributed by atoms with Gasteiger partial charge in [-0.05, 0) is 90.7 Å². The van der Waals surface area contributed by atoms with Crippen molar-refractivity contribution in [3.63, 3.8) is 0 Å². The van der Waals surface area contributed by atoms with Crippen molar-refractivity contribution in [1.82, 2.24) is 0 Å². The Balaban J connectivity index is 1.84. The topological polar surface area (TPSA) is 36.9 Å². The molecule has 3 fully saturated rings. The summed E-state index contributed by atoms with van der Waals surface area (Å²) in [6.45, 7) is 16.8. The van der Waals surface area contributed by atoms with Crippen LogP contribution in [0.1, 0.15) is 73.8 Å². The van der Waals surface area contributed by atoms with E-state index < -0.39 is 18.3 Å². The summed E-state index contributed by atoms with van der Waals surface area (Å²) in [6, 6.07) is 10.4. The molecule has 2 heterocycles. The highest BCUT2D eigenvalue weighted by atomic mass is 16.7. The van der Waals surface area contributed by atoms with E-state index in [-0.39, 0.29) is 18.3 Å². The molecule has 0 spiro atoms. The number of allylic oxidation sites excluding steroid dienone is 1. The van der Waals surface area contributed by atoms with E-state index in [0.29, 0.717) is 5.92 Å².